The van der Waals surface area contributed by atoms with E-state index in [1.165, 1.54) is 12.1 Å². The Hall–Kier alpha value is -4.58. The largest absolute Gasteiger partial charge is 0.475 e. The Kier molecular flexibility index (Phi) is 9.77. The molecule has 0 fully saturated rings. The standard InChI is InChI=1S/C36H45N7O4S/c1-22(2)29-20-47-33-25(5)32(31-23(3)12-10-13-24(31)4)39-35(40-33)41-48(45,46)28-15-11-14-26(16-28)34(44)43(29)19-27-17-37-18-30(38-27)42(9)21-36(6,7)8/h10-18,22,29H,19-21H2,1-9H3,(H,39,40,41). The molecule has 0 spiro atoms. The number of aromatic nitrogens is 4. The Morgan fingerprint density at radius 3 is 2.38 bits per heavy atom. The molecular formula is C36H45N7O4S. The number of carbonyl (C=O) groups excluding carboxylic acids is 1. The highest BCUT2D eigenvalue weighted by molar-refractivity contribution is 7.92. The maximum absolute atomic E-state index is 14.4. The molecule has 3 heterocycles. The van der Waals surface area contributed by atoms with Crippen molar-refractivity contribution in [2.75, 3.05) is 29.8 Å². The summed E-state index contributed by atoms with van der Waals surface area (Å²) in [5.41, 5.74) is 4.92. The minimum Gasteiger partial charge on any atom is -0.475 e. The van der Waals surface area contributed by atoms with E-state index in [2.05, 4.69) is 40.4 Å². The molecule has 2 aromatic carbocycles. The molecule has 0 aliphatic carbocycles. The molecule has 2 aromatic heterocycles. The van der Waals surface area contributed by atoms with E-state index in [4.69, 9.17) is 9.72 Å². The third kappa shape index (κ3) is 7.59. The fourth-order valence-corrected chi connectivity index (χ4v) is 7.01. The van der Waals surface area contributed by atoms with Gasteiger partial charge in [-0.1, -0.05) is 58.9 Å². The number of ether oxygens (including phenoxy) is 1. The van der Waals surface area contributed by atoms with Gasteiger partial charge in [0.1, 0.15) is 12.4 Å². The SMILES string of the molecule is Cc1cccc(C)c1-c1nc2nc(c1C)OCC(C(C)C)N(Cc1cncc(N(C)CC(C)(C)C)n1)C(=O)c1cccc(c1)S(=O)(=O)N2. The van der Waals surface area contributed by atoms with Crippen molar-refractivity contribution in [1.82, 2.24) is 24.8 Å². The van der Waals surface area contributed by atoms with Crippen LogP contribution in [0, 0.1) is 32.1 Å². The van der Waals surface area contributed by atoms with Gasteiger partial charge in [0.2, 0.25) is 11.8 Å². The fraction of sp³-hybridized carbons (Fsp3) is 0.417. The molecule has 0 saturated carbocycles. The van der Waals surface area contributed by atoms with Gasteiger partial charge < -0.3 is 14.5 Å². The molecule has 4 bridgehead atoms. The van der Waals surface area contributed by atoms with E-state index in [0.29, 0.717) is 22.8 Å². The highest BCUT2D eigenvalue weighted by Crippen LogP contribution is 2.34. The number of anilines is 2. The molecule has 12 heteroatoms. The average molecular weight is 672 g/mol. The van der Waals surface area contributed by atoms with Crippen LogP contribution in [0.25, 0.3) is 11.3 Å². The van der Waals surface area contributed by atoms with E-state index >= 15 is 0 Å². The molecule has 1 aliphatic rings. The van der Waals surface area contributed by atoms with Crippen molar-refractivity contribution in [3.8, 4) is 17.1 Å². The second kappa shape index (κ2) is 13.5. The minimum absolute atomic E-state index is 0.0369. The van der Waals surface area contributed by atoms with Gasteiger partial charge in [0.05, 0.1) is 41.3 Å². The molecule has 1 N–H and O–H groups in total. The van der Waals surface area contributed by atoms with Gasteiger partial charge in [-0.3, -0.25) is 9.78 Å². The molecule has 0 saturated heterocycles. The summed E-state index contributed by atoms with van der Waals surface area (Å²) in [5.74, 6) is 0.405. The van der Waals surface area contributed by atoms with Crippen molar-refractivity contribution in [2.24, 2.45) is 11.3 Å². The third-order valence-corrected chi connectivity index (χ3v) is 9.69. The molecule has 1 amide bonds. The zero-order chi connectivity index (χ0) is 35.0. The molecule has 1 atom stereocenters. The molecular weight excluding hydrogens is 627 g/mol. The molecule has 254 valence electrons. The Balaban J connectivity index is 1.64. The number of nitrogens with zero attached hydrogens (tertiary/aromatic N) is 6. The summed E-state index contributed by atoms with van der Waals surface area (Å²) < 4.78 is 36.4. The number of amides is 1. The first-order valence-electron chi connectivity index (χ1n) is 16.1. The first kappa shape index (κ1) is 34.7. The fourth-order valence-electron chi connectivity index (χ4n) is 6.02. The number of rotatable bonds is 6. The number of fused-ring (bicyclic) bond motifs is 4. The van der Waals surface area contributed by atoms with Crippen molar-refractivity contribution in [1.29, 1.82) is 0 Å². The average Bonchev–Trinajstić information content (AvgIpc) is 3.01. The van der Waals surface area contributed by atoms with Crippen molar-refractivity contribution in [3.05, 3.63) is 82.8 Å². The molecule has 11 nitrogen and oxygen atoms in total. The van der Waals surface area contributed by atoms with Crippen LogP contribution in [0.4, 0.5) is 11.8 Å². The number of hydrogen-bond acceptors (Lipinski definition) is 9. The molecule has 4 aromatic rings. The van der Waals surface area contributed by atoms with Gasteiger partial charge in [0, 0.05) is 30.3 Å². The monoisotopic (exact) mass is 671 g/mol. The first-order valence-corrected chi connectivity index (χ1v) is 17.6. The predicted molar refractivity (Wildman–Crippen MR) is 188 cm³/mol. The van der Waals surface area contributed by atoms with Crippen LogP contribution in [0.2, 0.25) is 0 Å². The van der Waals surface area contributed by atoms with E-state index in [-0.39, 0.29) is 52.7 Å². The summed E-state index contributed by atoms with van der Waals surface area (Å²) in [7, 11) is -2.21. The molecule has 1 unspecified atom stereocenters. The van der Waals surface area contributed by atoms with E-state index < -0.39 is 16.1 Å². The quantitative estimate of drug-likeness (QED) is 0.255. The molecule has 1 aliphatic heterocycles. The van der Waals surface area contributed by atoms with Crippen LogP contribution in [-0.4, -0.2) is 65.4 Å². The Bertz CT molecular complexity index is 1920. The zero-order valence-corrected chi connectivity index (χ0v) is 30.0. The smallest absolute Gasteiger partial charge is 0.264 e. The lowest BCUT2D eigenvalue weighted by Gasteiger charge is -2.34. The molecule has 48 heavy (non-hydrogen) atoms. The van der Waals surface area contributed by atoms with Crippen molar-refractivity contribution < 1.29 is 17.9 Å². The number of benzene rings is 2. The summed E-state index contributed by atoms with van der Waals surface area (Å²) in [4.78, 5) is 36.6. The van der Waals surface area contributed by atoms with Gasteiger partial charge in [0.15, 0.2) is 0 Å². The Labute approximate surface area is 283 Å². The van der Waals surface area contributed by atoms with Gasteiger partial charge >= 0.3 is 0 Å². The van der Waals surface area contributed by atoms with E-state index in [1.807, 2.05) is 64.8 Å². The summed E-state index contributed by atoms with van der Waals surface area (Å²) >= 11 is 0. The van der Waals surface area contributed by atoms with Gasteiger partial charge in [-0.15, -0.1) is 0 Å². The zero-order valence-electron chi connectivity index (χ0n) is 29.2. The second-order valence-electron chi connectivity index (χ2n) is 14.1. The van der Waals surface area contributed by atoms with Gasteiger partial charge in [-0.25, -0.2) is 23.1 Å². The van der Waals surface area contributed by atoms with Gasteiger partial charge in [-0.05, 0) is 61.4 Å². The number of hydrogen-bond donors (Lipinski definition) is 1. The van der Waals surface area contributed by atoms with Crippen LogP contribution in [0.5, 0.6) is 5.88 Å². The third-order valence-electron chi connectivity index (χ3n) is 8.36. The Morgan fingerprint density at radius 1 is 1.02 bits per heavy atom. The predicted octanol–water partition coefficient (Wildman–Crippen LogP) is 6.20. The summed E-state index contributed by atoms with van der Waals surface area (Å²) in [6, 6.07) is 11.5. The summed E-state index contributed by atoms with van der Waals surface area (Å²) in [6.45, 7) is 17.3. The minimum atomic E-state index is -4.18. The van der Waals surface area contributed by atoms with Crippen LogP contribution in [0.1, 0.15) is 67.4 Å². The lowest BCUT2D eigenvalue weighted by Crippen LogP contribution is -2.46. The Morgan fingerprint density at radius 2 is 1.71 bits per heavy atom. The first-order chi connectivity index (χ1) is 22.5. The maximum Gasteiger partial charge on any atom is 0.264 e. The lowest BCUT2D eigenvalue weighted by atomic mass is 9.96. The molecule has 5 rings (SSSR count). The van der Waals surface area contributed by atoms with Crippen LogP contribution >= 0.6 is 0 Å². The van der Waals surface area contributed by atoms with Gasteiger partial charge in [-0.2, -0.15) is 4.98 Å². The van der Waals surface area contributed by atoms with Crippen LogP contribution in [0.3, 0.4) is 0 Å². The summed E-state index contributed by atoms with van der Waals surface area (Å²) in [6.07, 6.45) is 3.37. The van der Waals surface area contributed by atoms with Crippen LogP contribution in [-0.2, 0) is 16.6 Å². The maximum atomic E-state index is 14.4. The van der Waals surface area contributed by atoms with Crippen LogP contribution in [0.15, 0.2) is 59.8 Å². The molecule has 0 radical (unpaired) electrons. The van der Waals surface area contributed by atoms with E-state index in [0.717, 1.165) is 23.2 Å². The highest BCUT2D eigenvalue weighted by atomic mass is 32.2. The number of nitrogens with one attached hydrogen (secondary N) is 1. The normalized spacial score (nSPS) is 16.3. The van der Waals surface area contributed by atoms with Gasteiger partial charge in [0.25, 0.3) is 15.9 Å². The van der Waals surface area contributed by atoms with Crippen molar-refractivity contribution in [2.45, 2.75) is 72.9 Å². The van der Waals surface area contributed by atoms with Crippen molar-refractivity contribution >= 4 is 27.7 Å². The van der Waals surface area contributed by atoms with E-state index in [9.17, 15) is 13.2 Å². The number of carbonyl (C=O) groups is 1. The highest BCUT2D eigenvalue weighted by Gasteiger charge is 2.31. The van der Waals surface area contributed by atoms with E-state index in [1.54, 1.807) is 29.4 Å². The van der Waals surface area contributed by atoms with Crippen molar-refractivity contribution in [3.63, 3.8) is 0 Å². The second-order valence-corrected chi connectivity index (χ2v) is 15.7. The summed E-state index contributed by atoms with van der Waals surface area (Å²) in [5, 5.41) is 0. The lowest BCUT2D eigenvalue weighted by molar-refractivity contribution is 0.0500. The van der Waals surface area contributed by atoms with Crippen LogP contribution < -0.4 is 14.4 Å². The topological polar surface area (TPSA) is 131 Å². The number of aryl methyl sites for hydroxylation is 2. The number of sulfonamides is 1.